The summed E-state index contributed by atoms with van der Waals surface area (Å²) in [6, 6.07) is 5.48. The molecular formula is C22H32Cl2N4O4. The highest BCUT2D eigenvalue weighted by molar-refractivity contribution is 6.42. The van der Waals surface area contributed by atoms with Crippen LogP contribution in [0.15, 0.2) is 18.2 Å². The molecule has 1 atom stereocenters. The maximum atomic E-state index is 12.2. The minimum Gasteiger partial charge on any atom is -0.450 e. The van der Waals surface area contributed by atoms with E-state index in [1.54, 1.807) is 11.8 Å². The van der Waals surface area contributed by atoms with E-state index in [0.717, 1.165) is 38.0 Å². The Morgan fingerprint density at radius 3 is 2.59 bits per heavy atom. The summed E-state index contributed by atoms with van der Waals surface area (Å²) in [5.41, 5.74) is 1.10. The van der Waals surface area contributed by atoms with Crippen LogP contribution in [-0.4, -0.2) is 80.5 Å². The third-order valence-electron chi connectivity index (χ3n) is 5.80. The fraction of sp³-hybridized carbons (Fsp3) is 0.636. The molecule has 0 bridgehead atoms. The van der Waals surface area contributed by atoms with Gasteiger partial charge in [0.2, 0.25) is 0 Å². The Balaban J connectivity index is 1.32. The molecule has 0 aromatic heterocycles. The van der Waals surface area contributed by atoms with E-state index in [1.807, 2.05) is 18.2 Å². The van der Waals surface area contributed by atoms with Crippen LogP contribution in [0.1, 0.15) is 25.3 Å². The number of halogens is 2. The van der Waals surface area contributed by atoms with Gasteiger partial charge >= 0.3 is 12.1 Å². The van der Waals surface area contributed by atoms with Crippen molar-refractivity contribution in [1.82, 2.24) is 20.4 Å². The van der Waals surface area contributed by atoms with Gasteiger partial charge in [-0.25, -0.2) is 9.59 Å². The van der Waals surface area contributed by atoms with E-state index in [2.05, 4.69) is 15.5 Å². The van der Waals surface area contributed by atoms with Gasteiger partial charge in [-0.2, -0.15) is 0 Å². The van der Waals surface area contributed by atoms with Crippen LogP contribution in [-0.2, 0) is 16.0 Å². The Bertz CT molecular complexity index is 774. The van der Waals surface area contributed by atoms with Gasteiger partial charge in [0, 0.05) is 45.8 Å². The molecule has 0 spiro atoms. The van der Waals surface area contributed by atoms with E-state index in [9.17, 15) is 9.59 Å². The zero-order chi connectivity index (χ0) is 22.9. The lowest BCUT2D eigenvalue weighted by atomic mass is 9.97. The monoisotopic (exact) mass is 486 g/mol. The summed E-state index contributed by atoms with van der Waals surface area (Å²) in [5, 5.41) is 6.96. The lowest BCUT2D eigenvalue weighted by Crippen LogP contribution is -2.49. The number of nitrogens with zero attached hydrogens (tertiary/aromatic N) is 2. The van der Waals surface area contributed by atoms with Crippen LogP contribution in [0.2, 0.25) is 10.0 Å². The van der Waals surface area contributed by atoms with E-state index < -0.39 is 0 Å². The van der Waals surface area contributed by atoms with Crippen molar-refractivity contribution >= 4 is 35.3 Å². The average Bonchev–Trinajstić information content (AvgIpc) is 2.79. The lowest BCUT2D eigenvalue weighted by Gasteiger charge is -2.33. The number of ether oxygens (including phenoxy) is 2. The average molecular weight is 487 g/mol. The first-order valence-electron chi connectivity index (χ1n) is 11.2. The van der Waals surface area contributed by atoms with Crippen molar-refractivity contribution in [3.05, 3.63) is 33.8 Å². The molecule has 1 aromatic rings. The number of morpholine rings is 1. The Labute approximate surface area is 199 Å². The zero-order valence-corrected chi connectivity index (χ0v) is 20.0. The Morgan fingerprint density at radius 1 is 1.12 bits per heavy atom. The van der Waals surface area contributed by atoms with Crippen molar-refractivity contribution in [2.45, 2.75) is 32.4 Å². The van der Waals surface area contributed by atoms with Gasteiger partial charge in [-0.3, -0.25) is 4.90 Å². The second kappa shape index (κ2) is 12.5. The molecule has 0 unspecified atom stereocenters. The topological polar surface area (TPSA) is 83.1 Å². The third-order valence-corrected chi connectivity index (χ3v) is 6.53. The van der Waals surface area contributed by atoms with Gasteiger partial charge in [0.1, 0.15) is 0 Å². The third kappa shape index (κ3) is 7.69. The summed E-state index contributed by atoms with van der Waals surface area (Å²) in [5.74, 6) is 0.360. The number of hydrogen-bond donors (Lipinski definition) is 2. The maximum Gasteiger partial charge on any atom is 0.409 e. The molecule has 0 radical (unpaired) electrons. The SMILES string of the molecule is CCOC(=O)N1CCC(CNC(=O)NC[C@H]2CN(Cc3ccc(Cl)c(Cl)c3)CCO2)CC1. The summed E-state index contributed by atoms with van der Waals surface area (Å²) >= 11 is 12.1. The molecule has 2 saturated heterocycles. The van der Waals surface area contributed by atoms with Gasteiger partial charge < -0.3 is 25.0 Å². The Kier molecular flexibility index (Phi) is 9.71. The Morgan fingerprint density at radius 2 is 1.88 bits per heavy atom. The molecule has 0 aliphatic carbocycles. The number of rotatable bonds is 7. The van der Waals surface area contributed by atoms with Crippen molar-refractivity contribution in [3.63, 3.8) is 0 Å². The zero-order valence-electron chi connectivity index (χ0n) is 18.4. The van der Waals surface area contributed by atoms with Crippen LogP contribution < -0.4 is 10.6 Å². The van der Waals surface area contributed by atoms with Crippen LogP contribution in [0.3, 0.4) is 0 Å². The van der Waals surface area contributed by atoms with Gasteiger partial charge in [0.25, 0.3) is 0 Å². The lowest BCUT2D eigenvalue weighted by molar-refractivity contribution is -0.0287. The van der Waals surface area contributed by atoms with Gasteiger partial charge in [0.15, 0.2) is 0 Å². The number of likely N-dealkylation sites (tertiary alicyclic amines) is 1. The van der Waals surface area contributed by atoms with Crippen molar-refractivity contribution in [2.75, 3.05) is 52.5 Å². The van der Waals surface area contributed by atoms with Crippen LogP contribution in [0.5, 0.6) is 0 Å². The van der Waals surface area contributed by atoms with Crippen molar-refractivity contribution in [3.8, 4) is 0 Å². The normalized spacial score (nSPS) is 20.1. The number of carbonyl (C=O) groups excluding carboxylic acids is 2. The van der Waals surface area contributed by atoms with Gasteiger partial charge in [-0.05, 0) is 43.4 Å². The summed E-state index contributed by atoms with van der Waals surface area (Å²) in [4.78, 5) is 28.0. The molecule has 1 aromatic carbocycles. The molecule has 2 aliphatic rings. The first-order valence-corrected chi connectivity index (χ1v) is 11.9. The molecule has 3 rings (SSSR count). The molecule has 2 heterocycles. The van der Waals surface area contributed by atoms with Crippen LogP contribution in [0.25, 0.3) is 0 Å². The van der Waals surface area contributed by atoms with E-state index in [0.29, 0.717) is 55.4 Å². The van der Waals surface area contributed by atoms with Gasteiger partial charge in [0.05, 0.1) is 29.4 Å². The second-order valence-electron chi connectivity index (χ2n) is 8.20. The predicted octanol–water partition coefficient (Wildman–Crippen LogP) is 3.36. The molecule has 178 valence electrons. The molecule has 10 heteroatoms. The summed E-state index contributed by atoms with van der Waals surface area (Å²) in [7, 11) is 0. The number of carbonyl (C=O) groups is 2. The fourth-order valence-electron chi connectivity index (χ4n) is 3.98. The van der Waals surface area contributed by atoms with E-state index in [1.165, 1.54) is 0 Å². The molecule has 0 saturated carbocycles. The molecular weight excluding hydrogens is 455 g/mol. The van der Waals surface area contributed by atoms with Crippen LogP contribution in [0.4, 0.5) is 9.59 Å². The van der Waals surface area contributed by atoms with Crippen LogP contribution in [0, 0.1) is 5.92 Å². The number of amides is 3. The number of urea groups is 1. The molecule has 2 fully saturated rings. The molecule has 8 nitrogen and oxygen atoms in total. The maximum absolute atomic E-state index is 12.2. The van der Waals surface area contributed by atoms with Crippen LogP contribution >= 0.6 is 23.2 Å². The quantitative estimate of drug-likeness (QED) is 0.617. The summed E-state index contributed by atoms with van der Waals surface area (Å²) < 4.78 is 10.8. The van der Waals surface area contributed by atoms with Gasteiger partial charge in [-0.15, -0.1) is 0 Å². The highest BCUT2D eigenvalue weighted by Crippen LogP contribution is 2.23. The summed E-state index contributed by atoms with van der Waals surface area (Å²) in [6.07, 6.45) is 1.39. The summed E-state index contributed by atoms with van der Waals surface area (Å²) in [6.45, 7) is 7.50. The molecule has 2 aliphatic heterocycles. The highest BCUT2D eigenvalue weighted by atomic mass is 35.5. The highest BCUT2D eigenvalue weighted by Gasteiger charge is 2.24. The molecule has 32 heavy (non-hydrogen) atoms. The number of hydrogen-bond acceptors (Lipinski definition) is 5. The number of piperidine rings is 1. The fourth-order valence-corrected chi connectivity index (χ4v) is 4.30. The Hall–Kier alpha value is -1.74. The molecule has 3 amide bonds. The van der Waals surface area contributed by atoms with Crippen molar-refractivity contribution < 1.29 is 19.1 Å². The standard InChI is InChI=1S/C22H32Cl2N4O4/c1-2-31-22(30)28-7-5-16(6-8-28)12-25-21(29)26-13-18-15-27(9-10-32-18)14-17-3-4-19(23)20(24)11-17/h3-4,11,16,18H,2,5-10,12-15H2,1H3,(H2,25,26,29)/t18-/m0/s1. The largest absolute Gasteiger partial charge is 0.450 e. The molecule has 2 N–H and O–H groups in total. The minimum atomic E-state index is -0.252. The minimum absolute atomic E-state index is 0.0647. The smallest absolute Gasteiger partial charge is 0.409 e. The van der Waals surface area contributed by atoms with E-state index in [4.69, 9.17) is 32.7 Å². The van der Waals surface area contributed by atoms with Gasteiger partial charge in [-0.1, -0.05) is 29.3 Å². The first kappa shape index (κ1) is 24.9. The van der Waals surface area contributed by atoms with E-state index in [-0.39, 0.29) is 18.2 Å². The van der Waals surface area contributed by atoms with E-state index >= 15 is 0 Å². The van der Waals surface area contributed by atoms with Crippen molar-refractivity contribution in [1.29, 1.82) is 0 Å². The second-order valence-corrected chi connectivity index (χ2v) is 9.01. The number of benzene rings is 1. The van der Waals surface area contributed by atoms with Crippen molar-refractivity contribution in [2.24, 2.45) is 5.92 Å². The number of nitrogens with one attached hydrogen (secondary N) is 2. The predicted molar refractivity (Wildman–Crippen MR) is 124 cm³/mol. The first-order chi connectivity index (χ1) is 15.4.